The van der Waals surface area contributed by atoms with Gasteiger partial charge in [0.2, 0.25) is 21.8 Å². The Kier molecular flexibility index (Phi) is 5.97. The van der Waals surface area contributed by atoms with Crippen molar-refractivity contribution in [1.29, 1.82) is 0 Å². The number of piperazine rings is 1. The number of rotatable bonds is 5. The molecule has 7 nitrogen and oxygen atoms in total. The molecule has 2 amide bonds. The summed E-state index contributed by atoms with van der Waals surface area (Å²) in [4.78, 5) is 27.5. The lowest BCUT2D eigenvalue weighted by molar-refractivity contribution is -0.133. The first kappa shape index (κ1) is 21.3. The lowest BCUT2D eigenvalue weighted by Gasteiger charge is -2.46. The quantitative estimate of drug-likeness (QED) is 0.778. The molecule has 0 bridgehead atoms. The number of nitrogens with zero attached hydrogens (tertiary/aromatic N) is 2. The SMILES string of the molecule is C[C@@]1(C(=O)NCc2ccccc2)CN(S(C)(=O)=O)CC(=O)N1c1ccc(Cl)cc1. The van der Waals surface area contributed by atoms with Gasteiger partial charge in [-0.05, 0) is 36.8 Å². The van der Waals surface area contributed by atoms with Crippen molar-refractivity contribution in [2.75, 3.05) is 24.2 Å². The van der Waals surface area contributed by atoms with E-state index in [1.165, 1.54) is 4.90 Å². The van der Waals surface area contributed by atoms with Gasteiger partial charge in [0.1, 0.15) is 5.54 Å². The molecule has 0 spiro atoms. The van der Waals surface area contributed by atoms with Gasteiger partial charge < -0.3 is 5.32 Å². The van der Waals surface area contributed by atoms with Crippen LogP contribution < -0.4 is 10.2 Å². The Morgan fingerprint density at radius 2 is 1.76 bits per heavy atom. The van der Waals surface area contributed by atoms with E-state index in [0.29, 0.717) is 10.7 Å². The molecule has 9 heteroatoms. The summed E-state index contributed by atoms with van der Waals surface area (Å²) in [7, 11) is -3.66. The van der Waals surface area contributed by atoms with E-state index in [4.69, 9.17) is 11.6 Å². The average Bonchev–Trinajstić information content (AvgIpc) is 2.67. The average molecular weight is 436 g/mol. The topological polar surface area (TPSA) is 86.8 Å². The molecule has 3 rings (SSSR count). The number of hydrogen-bond acceptors (Lipinski definition) is 4. The Bertz CT molecular complexity index is 1010. The lowest BCUT2D eigenvalue weighted by atomic mass is 9.94. The third-order valence-electron chi connectivity index (χ3n) is 4.88. The van der Waals surface area contributed by atoms with Gasteiger partial charge in [0.25, 0.3) is 0 Å². The predicted molar refractivity (Wildman–Crippen MR) is 112 cm³/mol. The minimum Gasteiger partial charge on any atom is -0.350 e. The van der Waals surface area contributed by atoms with Crippen molar-refractivity contribution in [3.63, 3.8) is 0 Å². The molecule has 29 heavy (non-hydrogen) atoms. The van der Waals surface area contributed by atoms with E-state index in [0.717, 1.165) is 16.1 Å². The van der Waals surface area contributed by atoms with E-state index in [1.54, 1.807) is 31.2 Å². The molecule has 1 atom stereocenters. The van der Waals surface area contributed by atoms with E-state index in [2.05, 4.69) is 5.32 Å². The van der Waals surface area contributed by atoms with Crippen LogP contribution in [-0.2, 0) is 26.2 Å². The lowest BCUT2D eigenvalue weighted by Crippen LogP contribution is -2.70. The van der Waals surface area contributed by atoms with Crippen molar-refractivity contribution in [3.05, 3.63) is 65.2 Å². The molecule has 0 saturated carbocycles. The molecule has 0 unspecified atom stereocenters. The summed E-state index contributed by atoms with van der Waals surface area (Å²) in [5.74, 6) is -0.931. The van der Waals surface area contributed by atoms with Crippen LogP contribution in [0.1, 0.15) is 12.5 Å². The number of hydrogen-bond donors (Lipinski definition) is 1. The van der Waals surface area contributed by atoms with E-state index < -0.39 is 27.4 Å². The first-order valence-corrected chi connectivity index (χ1v) is 11.2. The first-order chi connectivity index (χ1) is 13.6. The van der Waals surface area contributed by atoms with Crippen LogP contribution in [0.25, 0.3) is 0 Å². The zero-order valence-corrected chi connectivity index (χ0v) is 17.7. The number of carbonyl (C=O) groups excluding carboxylic acids is 2. The summed E-state index contributed by atoms with van der Waals surface area (Å²) in [6.45, 7) is 1.35. The number of halogens is 1. The molecule has 2 aromatic carbocycles. The van der Waals surface area contributed by atoms with Crippen molar-refractivity contribution in [3.8, 4) is 0 Å². The van der Waals surface area contributed by atoms with Crippen LogP contribution in [0.5, 0.6) is 0 Å². The third kappa shape index (κ3) is 4.60. The van der Waals surface area contributed by atoms with E-state index in [-0.39, 0.29) is 19.6 Å². The Hall–Kier alpha value is -2.42. The van der Waals surface area contributed by atoms with Crippen LogP contribution in [0.3, 0.4) is 0 Å². The highest BCUT2D eigenvalue weighted by molar-refractivity contribution is 7.88. The first-order valence-electron chi connectivity index (χ1n) is 8.97. The number of amides is 2. The van der Waals surface area contributed by atoms with E-state index >= 15 is 0 Å². The highest BCUT2D eigenvalue weighted by Crippen LogP contribution is 2.31. The van der Waals surface area contributed by atoms with Crippen molar-refractivity contribution in [2.24, 2.45) is 0 Å². The van der Waals surface area contributed by atoms with Crippen LogP contribution in [-0.4, -0.2) is 49.4 Å². The van der Waals surface area contributed by atoms with Gasteiger partial charge in [-0.2, -0.15) is 4.31 Å². The molecule has 154 valence electrons. The number of sulfonamides is 1. The maximum atomic E-state index is 13.2. The molecular formula is C20H22ClN3O4S. The maximum Gasteiger partial charge on any atom is 0.247 e. The standard InChI is InChI=1S/C20H22ClN3O4S/c1-20(19(26)22-12-15-6-4-3-5-7-15)14-23(29(2,27)28)13-18(25)24(20)17-10-8-16(21)9-11-17/h3-11H,12-14H2,1-2H3,(H,22,26)/t20-/m0/s1. The predicted octanol–water partition coefficient (Wildman–Crippen LogP) is 2.02. The zero-order valence-electron chi connectivity index (χ0n) is 16.1. The zero-order chi connectivity index (χ0) is 21.2. The molecular weight excluding hydrogens is 414 g/mol. The second-order valence-corrected chi connectivity index (χ2v) is 9.60. The number of benzene rings is 2. The van der Waals surface area contributed by atoms with Crippen LogP contribution in [0.2, 0.25) is 5.02 Å². The molecule has 1 aliphatic rings. The highest BCUT2D eigenvalue weighted by Gasteiger charge is 2.50. The Morgan fingerprint density at radius 3 is 2.34 bits per heavy atom. The van der Waals surface area contributed by atoms with Crippen molar-refractivity contribution in [2.45, 2.75) is 19.0 Å². The fraction of sp³-hybridized carbons (Fsp3) is 0.300. The Balaban J connectivity index is 1.95. The van der Waals surface area contributed by atoms with Crippen LogP contribution >= 0.6 is 11.6 Å². The van der Waals surface area contributed by atoms with Gasteiger partial charge >= 0.3 is 0 Å². The summed E-state index contributed by atoms with van der Waals surface area (Å²) < 4.78 is 25.3. The number of anilines is 1. The van der Waals surface area contributed by atoms with Crippen molar-refractivity contribution < 1.29 is 18.0 Å². The monoisotopic (exact) mass is 435 g/mol. The molecule has 1 fully saturated rings. The van der Waals surface area contributed by atoms with Gasteiger partial charge in [0.15, 0.2) is 0 Å². The summed E-state index contributed by atoms with van der Waals surface area (Å²) in [6, 6.07) is 15.8. The Labute approximate surface area is 175 Å². The smallest absolute Gasteiger partial charge is 0.247 e. The summed E-state index contributed by atoms with van der Waals surface area (Å²) in [6.07, 6.45) is 1.03. The van der Waals surface area contributed by atoms with Gasteiger partial charge in [-0.25, -0.2) is 8.42 Å². The van der Waals surface area contributed by atoms with Crippen molar-refractivity contribution in [1.82, 2.24) is 9.62 Å². The van der Waals surface area contributed by atoms with Gasteiger partial charge in [-0.3, -0.25) is 14.5 Å². The highest BCUT2D eigenvalue weighted by atomic mass is 35.5. The van der Waals surface area contributed by atoms with Crippen molar-refractivity contribution >= 4 is 39.1 Å². The molecule has 1 saturated heterocycles. The van der Waals surface area contributed by atoms with Gasteiger partial charge in [0.05, 0.1) is 12.8 Å². The van der Waals surface area contributed by atoms with Gasteiger partial charge in [0, 0.05) is 23.8 Å². The fourth-order valence-electron chi connectivity index (χ4n) is 3.36. The number of carbonyl (C=O) groups is 2. The summed E-state index contributed by atoms with van der Waals surface area (Å²) in [5.41, 5.74) is -0.0596. The molecule has 1 heterocycles. The summed E-state index contributed by atoms with van der Waals surface area (Å²) >= 11 is 5.95. The molecule has 0 aromatic heterocycles. The van der Waals surface area contributed by atoms with Gasteiger partial charge in [-0.15, -0.1) is 0 Å². The molecule has 2 aromatic rings. The number of nitrogens with one attached hydrogen (secondary N) is 1. The third-order valence-corrected chi connectivity index (χ3v) is 6.33. The molecule has 1 aliphatic heterocycles. The molecule has 1 N–H and O–H groups in total. The second kappa shape index (κ2) is 8.14. The summed E-state index contributed by atoms with van der Waals surface area (Å²) in [5, 5.41) is 3.32. The minimum atomic E-state index is -3.66. The largest absolute Gasteiger partial charge is 0.350 e. The Morgan fingerprint density at radius 1 is 1.14 bits per heavy atom. The molecule has 0 aliphatic carbocycles. The normalized spacial score (nSPS) is 20.5. The fourth-order valence-corrected chi connectivity index (χ4v) is 4.32. The molecule has 0 radical (unpaired) electrons. The minimum absolute atomic E-state index is 0.152. The van der Waals surface area contributed by atoms with Crippen LogP contribution in [0.4, 0.5) is 5.69 Å². The van der Waals surface area contributed by atoms with E-state index in [9.17, 15) is 18.0 Å². The van der Waals surface area contributed by atoms with Gasteiger partial charge in [-0.1, -0.05) is 41.9 Å². The van der Waals surface area contributed by atoms with E-state index in [1.807, 2.05) is 30.3 Å². The van der Waals surface area contributed by atoms with Crippen LogP contribution in [0.15, 0.2) is 54.6 Å². The maximum absolute atomic E-state index is 13.2. The van der Waals surface area contributed by atoms with Crippen LogP contribution in [0, 0.1) is 0 Å². The second-order valence-electron chi connectivity index (χ2n) is 7.18.